The zero-order valence-electron chi connectivity index (χ0n) is 20.9. The maximum absolute atomic E-state index is 13.4. The van der Waals surface area contributed by atoms with Gasteiger partial charge in [0, 0.05) is 38.3 Å². The minimum atomic E-state index is -5.08. The summed E-state index contributed by atoms with van der Waals surface area (Å²) in [6.07, 6.45) is -5.08. The standard InChI is InChI=1S/C24H25FN4O3S.C2HF3O2/c25-20-6-4-5-18(15-20)17-27-24(30)19-9-10-23(29-13-11-26-12-14-29)22(16-19)28-33(31,32)21-7-2-1-3-8-21;3-2(4,5)1(6)7/h1-10,15-16,26,28H,11-14,17H2,(H,27,30);(H,6,7). The number of hydrogen-bond acceptors (Lipinski definition) is 6. The molecule has 1 aliphatic heterocycles. The van der Waals surface area contributed by atoms with Gasteiger partial charge in [-0.1, -0.05) is 30.3 Å². The van der Waals surface area contributed by atoms with E-state index in [0.29, 0.717) is 35.6 Å². The number of nitrogens with one attached hydrogen (secondary N) is 3. The van der Waals surface area contributed by atoms with Gasteiger partial charge >= 0.3 is 12.1 Å². The van der Waals surface area contributed by atoms with Gasteiger partial charge in [-0.25, -0.2) is 17.6 Å². The molecule has 0 aromatic heterocycles. The van der Waals surface area contributed by atoms with E-state index in [2.05, 4.69) is 20.3 Å². The Morgan fingerprint density at radius 1 is 0.950 bits per heavy atom. The van der Waals surface area contributed by atoms with E-state index in [1.165, 1.54) is 24.3 Å². The van der Waals surface area contributed by atoms with Gasteiger partial charge in [0.15, 0.2) is 0 Å². The molecule has 0 atom stereocenters. The SMILES string of the molecule is O=C(NCc1cccc(F)c1)c1ccc(N2CCNCC2)c(NS(=O)(=O)c2ccccc2)c1.O=C(O)C(F)(F)F. The lowest BCUT2D eigenvalue weighted by atomic mass is 10.1. The molecule has 40 heavy (non-hydrogen) atoms. The second-order valence-electron chi connectivity index (χ2n) is 8.50. The van der Waals surface area contributed by atoms with E-state index in [0.717, 1.165) is 13.1 Å². The molecular formula is C26H26F4N4O5S. The molecule has 1 heterocycles. The fraction of sp³-hybridized carbons (Fsp3) is 0.231. The van der Waals surface area contributed by atoms with Crippen LogP contribution in [0.15, 0.2) is 77.7 Å². The summed E-state index contributed by atoms with van der Waals surface area (Å²) in [5.41, 5.74) is 1.97. The number of carbonyl (C=O) groups excluding carboxylic acids is 1. The minimum Gasteiger partial charge on any atom is -0.475 e. The van der Waals surface area contributed by atoms with E-state index in [1.807, 2.05) is 0 Å². The number of carbonyl (C=O) groups is 2. The van der Waals surface area contributed by atoms with Crippen molar-refractivity contribution in [2.75, 3.05) is 35.8 Å². The number of alkyl halides is 3. The molecule has 0 radical (unpaired) electrons. The third kappa shape index (κ3) is 8.68. The summed E-state index contributed by atoms with van der Waals surface area (Å²) in [4.78, 5) is 23.9. The number of rotatable bonds is 7. The number of benzene rings is 3. The van der Waals surface area contributed by atoms with Crippen LogP contribution >= 0.6 is 0 Å². The second-order valence-corrected chi connectivity index (χ2v) is 10.2. The summed E-state index contributed by atoms with van der Waals surface area (Å²) in [7, 11) is -3.84. The predicted molar refractivity (Wildman–Crippen MR) is 140 cm³/mol. The van der Waals surface area contributed by atoms with Gasteiger partial charge in [0.05, 0.1) is 16.3 Å². The Bertz CT molecular complexity index is 1430. The molecule has 0 spiro atoms. The number of carboxylic acid groups (broad SMARTS) is 1. The van der Waals surface area contributed by atoms with Crippen molar-refractivity contribution in [1.82, 2.24) is 10.6 Å². The highest BCUT2D eigenvalue weighted by Crippen LogP contribution is 2.30. The van der Waals surface area contributed by atoms with Crippen molar-refractivity contribution in [3.05, 3.63) is 89.7 Å². The molecule has 1 aliphatic rings. The van der Waals surface area contributed by atoms with Gasteiger partial charge in [-0.3, -0.25) is 9.52 Å². The molecule has 1 amide bonds. The normalized spacial score (nSPS) is 13.6. The molecule has 4 N–H and O–H groups in total. The molecule has 0 unspecified atom stereocenters. The first-order valence-corrected chi connectivity index (χ1v) is 13.4. The number of halogens is 4. The smallest absolute Gasteiger partial charge is 0.475 e. The number of sulfonamides is 1. The van der Waals surface area contributed by atoms with Crippen LogP contribution in [-0.2, 0) is 21.4 Å². The topological polar surface area (TPSA) is 128 Å². The third-order valence-electron chi connectivity index (χ3n) is 5.60. The van der Waals surface area contributed by atoms with Crippen molar-refractivity contribution in [3.63, 3.8) is 0 Å². The number of aliphatic carboxylic acids is 1. The van der Waals surface area contributed by atoms with E-state index in [1.54, 1.807) is 48.5 Å². The Kier molecular flexibility index (Phi) is 10.1. The second kappa shape index (κ2) is 13.3. The van der Waals surface area contributed by atoms with Gasteiger partial charge < -0.3 is 20.6 Å². The fourth-order valence-electron chi connectivity index (χ4n) is 3.68. The zero-order valence-corrected chi connectivity index (χ0v) is 21.7. The lowest BCUT2D eigenvalue weighted by Gasteiger charge is -2.31. The Labute approximate surface area is 227 Å². The number of nitrogens with zero attached hydrogens (tertiary/aromatic N) is 1. The molecule has 1 fully saturated rings. The van der Waals surface area contributed by atoms with E-state index in [4.69, 9.17) is 9.90 Å². The van der Waals surface area contributed by atoms with Crippen molar-refractivity contribution in [2.45, 2.75) is 17.6 Å². The summed E-state index contributed by atoms with van der Waals surface area (Å²) in [5.74, 6) is -3.52. The Morgan fingerprint density at radius 3 is 2.20 bits per heavy atom. The quantitative estimate of drug-likeness (QED) is 0.314. The molecule has 4 rings (SSSR count). The van der Waals surface area contributed by atoms with Gasteiger partial charge in [0.25, 0.3) is 15.9 Å². The summed E-state index contributed by atoms with van der Waals surface area (Å²) in [6.45, 7) is 3.14. The summed E-state index contributed by atoms with van der Waals surface area (Å²) in [5, 5.41) is 13.2. The molecule has 214 valence electrons. The van der Waals surface area contributed by atoms with Crippen LogP contribution in [0.3, 0.4) is 0 Å². The maximum atomic E-state index is 13.4. The summed E-state index contributed by atoms with van der Waals surface area (Å²) in [6, 6.07) is 19.0. The molecule has 1 saturated heterocycles. The van der Waals surface area contributed by atoms with Crippen molar-refractivity contribution in [2.24, 2.45) is 0 Å². The van der Waals surface area contributed by atoms with E-state index >= 15 is 0 Å². The summed E-state index contributed by atoms with van der Waals surface area (Å²) >= 11 is 0. The van der Waals surface area contributed by atoms with Crippen LogP contribution in [0.25, 0.3) is 0 Å². The lowest BCUT2D eigenvalue weighted by Crippen LogP contribution is -2.43. The largest absolute Gasteiger partial charge is 0.490 e. The van der Waals surface area contributed by atoms with Gasteiger partial charge in [-0.2, -0.15) is 13.2 Å². The van der Waals surface area contributed by atoms with E-state index < -0.39 is 22.2 Å². The lowest BCUT2D eigenvalue weighted by molar-refractivity contribution is -0.192. The first kappa shape index (κ1) is 30.4. The van der Waals surface area contributed by atoms with Crippen molar-refractivity contribution < 1.29 is 40.7 Å². The third-order valence-corrected chi connectivity index (χ3v) is 6.98. The van der Waals surface area contributed by atoms with Crippen molar-refractivity contribution >= 4 is 33.3 Å². The molecule has 3 aromatic carbocycles. The number of carboxylic acids is 1. The average molecular weight is 583 g/mol. The van der Waals surface area contributed by atoms with Crippen LogP contribution in [0.2, 0.25) is 0 Å². The molecular weight excluding hydrogens is 556 g/mol. The fourth-order valence-corrected chi connectivity index (χ4v) is 4.76. The number of hydrogen-bond donors (Lipinski definition) is 4. The molecule has 3 aromatic rings. The highest BCUT2D eigenvalue weighted by atomic mass is 32.2. The van der Waals surface area contributed by atoms with Crippen LogP contribution in [0.4, 0.5) is 28.9 Å². The summed E-state index contributed by atoms with van der Waals surface area (Å²) < 4.78 is 73.8. The monoisotopic (exact) mass is 582 g/mol. The predicted octanol–water partition coefficient (Wildman–Crippen LogP) is 3.60. The maximum Gasteiger partial charge on any atom is 0.490 e. The van der Waals surface area contributed by atoms with E-state index in [-0.39, 0.29) is 23.2 Å². The first-order chi connectivity index (χ1) is 18.9. The van der Waals surface area contributed by atoms with Crippen LogP contribution in [-0.4, -0.2) is 57.8 Å². The minimum absolute atomic E-state index is 0.136. The molecule has 0 aliphatic carbocycles. The van der Waals surface area contributed by atoms with Gasteiger partial charge in [-0.05, 0) is 48.0 Å². The highest BCUT2D eigenvalue weighted by Gasteiger charge is 2.38. The molecule has 14 heteroatoms. The van der Waals surface area contributed by atoms with Crippen LogP contribution in [0, 0.1) is 5.82 Å². The number of amides is 1. The number of piperazine rings is 1. The first-order valence-electron chi connectivity index (χ1n) is 11.9. The molecule has 0 saturated carbocycles. The van der Waals surface area contributed by atoms with E-state index in [9.17, 15) is 30.8 Å². The molecule has 0 bridgehead atoms. The Morgan fingerprint density at radius 2 is 1.60 bits per heavy atom. The van der Waals surface area contributed by atoms with Crippen LogP contribution in [0.1, 0.15) is 15.9 Å². The molecule has 9 nitrogen and oxygen atoms in total. The van der Waals surface area contributed by atoms with Crippen LogP contribution in [0.5, 0.6) is 0 Å². The zero-order chi connectivity index (χ0) is 29.3. The Balaban J connectivity index is 0.000000559. The van der Waals surface area contributed by atoms with Gasteiger partial charge in [0.1, 0.15) is 5.82 Å². The van der Waals surface area contributed by atoms with Gasteiger partial charge in [-0.15, -0.1) is 0 Å². The van der Waals surface area contributed by atoms with Crippen LogP contribution < -0.4 is 20.3 Å². The Hall–Kier alpha value is -4.17. The van der Waals surface area contributed by atoms with Crippen molar-refractivity contribution in [3.8, 4) is 0 Å². The highest BCUT2D eigenvalue weighted by molar-refractivity contribution is 7.92. The van der Waals surface area contributed by atoms with Crippen molar-refractivity contribution in [1.29, 1.82) is 0 Å². The van der Waals surface area contributed by atoms with Gasteiger partial charge in [0.2, 0.25) is 0 Å². The average Bonchev–Trinajstić information content (AvgIpc) is 2.92. The number of anilines is 2.